The minimum Gasteiger partial charge on any atom is -0.497 e. The molecule has 2 aromatic rings. The van der Waals surface area contributed by atoms with Crippen LogP contribution in [0.4, 0.5) is 0 Å². The maximum absolute atomic E-state index is 5.63. The van der Waals surface area contributed by atoms with Crippen LogP contribution in [0.5, 0.6) is 5.75 Å². The molecular weight excluding hydrogens is 234 g/mol. The number of nitrogens with zero attached hydrogens (tertiary/aromatic N) is 2. The molecule has 2 N–H and O–H groups in total. The zero-order valence-corrected chi connectivity index (χ0v) is 11.1. The quantitative estimate of drug-likeness (QED) is 0.845. The Balaban J connectivity index is 2.41. The van der Waals surface area contributed by atoms with E-state index < -0.39 is 0 Å². The number of benzene rings is 1. The molecule has 0 spiro atoms. The summed E-state index contributed by atoms with van der Waals surface area (Å²) in [5.41, 5.74) is 7.70. The van der Waals surface area contributed by atoms with Crippen molar-refractivity contribution < 1.29 is 4.74 Å². The molecule has 1 unspecified atom stereocenters. The fraction of sp³-hybridized carbons (Fsp3) is 0.417. The minimum absolute atomic E-state index is 0.368. The Morgan fingerprint density at radius 1 is 1.53 bits per heavy atom. The van der Waals surface area contributed by atoms with E-state index in [-0.39, 0.29) is 0 Å². The van der Waals surface area contributed by atoms with Crippen LogP contribution in [0.2, 0.25) is 0 Å². The van der Waals surface area contributed by atoms with Crippen LogP contribution >= 0.6 is 11.8 Å². The number of hydrogen-bond acceptors (Lipinski definition) is 4. The third kappa shape index (κ3) is 2.40. The van der Waals surface area contributed by atoms with Gasteiger partial charge in [-0.25, -0.2) is 4.98 Å². The molecule has 0 fully saturated rings. The highest BCUT2D eigenvalue weighted by atomic mass is 32.2. The summed E-state index contributed by atoms with van der Waals surface area (Å²) in [6, 6.07) is 5.93. The molecule has 1 aromatic heterocycles. The zero-order chi connectivity index (χ0) is 12.4. The number of rotatable bonds is 4. The van der Waals surface area contributed by atoms with Crippen molar-refractivity contribution in [3.63, 3.8) is 0 Å². The van der Waals surface area contributed by atoms with Gasteiger partial charge in [0.25, 0.3) is 0 Å². The van der Waals surface area contributed by atoms with Gasteiger partial charge >= 0.3 is 0 Å². The fourth-order valence-corrected chi connectivity index (χ4v) is 2.48. The third-order valence-corrected chi connectivity index (χ3v) is 3.86. The van der Waals surface area contributed by atoms with Gasteiger partial charge in [-0.15, -0.1) is 0 Å². The SMILES string of the molecule is COc1ccc2c(c1)nc(SC(C)CN)n2C. The van der Waals surface area contributed by atoms with Crippen LogP contribution in [0.1, 0.15) is 6.92 Å². The smallest absolute Gasteiger partial charge is 0.169 e. The highest BCUT2D eigenvalue weighted by Crippen LogP contribution is 2.27. The van der Waals surface area contributed by atoms with E-state index in [0.717, 1.165) is 21.9 Å². The lowest BCUT2D eigenvalue weighted by atomic mass is 10.3. The molecule has 1 heterocycles. The summed E-state index contributed by atoms with van der Waals surface area (Å²) in [6.07, 6.45) is 0. The molecule has 0 amide bonds. The van der Waals surface area contributed by atoms with Gasteiger partial charge in [-0.1, -0.05) is 18.7 Å². The topological polar surface area (TPSA) is 53.1 Å². The fourth-order valence-electron chi connectivity index (χ4n) is 1.62. The van der Waals surface area contributed by atoms with Gasteiger partial charge in [0.05, 0.1) is 18.1 Å². The molecule has 0 aliphatic rings. The van der Waals surface area contributed by atoms with Crippen molar-refractivity contribution in [1.29, 1.82) is 0 Å². The maximum Gasteiger partial charge on any atom is 0.169 e. The molecule has 4 nitrogen and oxygen atoms in total. The van der Waals surface area contributed by atoms with E-state index >= 15 is 0 Å². The number of ether oxygens (including phenoxy) is 1. The maximum atomic E-state index is 5.63. The number of aryl methyl sites for hydroxylation is 1. The van der Waals surface area contributed by atoms with Crippen LogP contribution in [-0.4, -0.2) is 28.5 Å². The molecule has 92 valence electrons. The first-order valence-electron chi connectivity index (χ1n) is 5.53. The zero-order valence-electron chi connectivity index (χ0n) is 10.3. The van der Waals surface area contributed by atoms with Crippen molar-refractivity contribution in [2.75, 3.05) is 13.7 Å². The predicted octanol–water partition coefficient (Wildman–Crippen LogP) is 2.02. The second-order valence-corrected chi connectivity index (χ2v) is 5.38. The minimum atomic E-state index is 0.368. The Morgan fingerprint density at radius 3 is 2.94 bits per heavy atom. The first-order chi connectivity index (χ1) is 8.15. The molecule has 0 radical (unpaired) electrons. The molecule has 0 saturated heterocycles. The summed E-state index contributed by atoms with van der Waals surface area (Å²) < 4.78 is 7.29. The number of nitrogens with two attached hydrogens (primary N) is 1. The highest BCUT2D eigenvalue weighted by Gasteiger charge is 2.11. The van der Waals surface area contributed by atoms with Gasteiger partial charge < -0.3 is 15.0 Å². The number of fused-ring (bicyclic) bond motifs is 1. The summed E-state index contributed by atoms with van der Waals surface area (Å²) >= 11 is 1.70. The van der Waals surface area contributed by atoms with E-state index in [0.29, 0.717) is 11.8 Å². The van der Waals surface area contributed by atoms with Gasteiger partial charge in [0.15, 0.2) is 5.16 Å². The first kappa shape index (κ1) is 12.3. The molecule has 17 heavy (non-hydrogen) atoms. The first-order valence-corrected chi connectivity index (χ1v) is 6.41. The Morgan fingerprint density at radius 2 is 2.29 bits per heavy atom. The monoisotopic (exact) mass is 251 g/mol. The lowest BCUT2D eigenvalue weighted by Crippen LogP contribution is -2.13. The molecule has 2 rings (SSSR count). The summed E-state index contributed by atoms with van der Waals surface area (Å²) in [7, 11) is 3.68. The van der Waals surface area contributed by atoms with Gasteiger partial charge in [-0.2, -0.15) is 0 Å². The van der Waals surface area contributed by atoms with Crippen molar-refractivity contribution in [2.24, 2.45) is 12.8 Å². The Kier molecular flexibility index (Phi) is 3.59. The summed E-state index contributed by atoms with van der Waals surface area (Å²) in [6.45, 7) is 2.75. The molecule has 0 aliphatic heterocycles. The van der Waals surface area contributed by atoms with Crippen molar-refractivity contribution >= 4 is 22.8 Å². The van der Waals surface area contributed by atoms with E-state index in [1.54, 1.807) is 18.9 Å². The molecule has 0 saturated carbocycles. The Hall–Kier alpha value is -1.20. The molecule has 0 aliphatic carbocycles. The highest BCUT2D eigenvalue weighted by molar-refractivity contribution is 7.99. The number of thioether (sulfide) groups is 1. The lowest BCUT2D eigenvalue weighted by molar-refractivity contribution is 0.415. The number of aromatic nitrogens is 2. The third-order valence-electron chi connectivity index (χ3n) is 2.69. The van der Waals surface area contributed by atoms with Crippen LogP contribution < -0.4 is 10.5 Å². The van der Waals surface area contributed by atoms with Crippen molar-refractivity contribution in [2.45, 2.75) is 17.3 Å². The van der Waals surface area contributed by atoms with Crippen molar-refractivity contribution in [3.8, 4) is 5.75 Å². The van der Waals surface area contributed by atoms with Gasteiger partial charge in [-0.3, -0.25) is 0 Å². The van der Waals surface area contributed by atoms with Gasteiger partial charge in [0.2, 0.25) is 0 Å². The molecule has 1 atom stereocenters. The molecule has 5 heteroatoms. The number of hydrogen-bond donors (Lipinski definition) is 1. The van der Waals surface area contributed by atoms with Gasteiger partial charge in [0, 0.05) is 24.9 Å². The summed E-state index contributed by atoms with van der Waals surface area (Å²) in [5.74, 6) is 0.832. The number of methoxy groups -OCH3 is 1. The second kappa shape index (κ2) is 4.98. The van der Waals surface area contributed by atoms with Gasteiger partial charge in [-0.05, 0) is 12.1 Å². The van der Waals surface area contributed by atoms with Crippen LogP contribution in [0.3, 0.4) is 0 Å². The van der Waals surface area contributed by atoms with Crippen LogP contribution in [-0.2, 0) is 7.05 Å². The Labute approximate surface area is 105 Å². The number of imidazole rings is 1. The van der Waals surface area contributed by atoms with E-state index in [2.05, 4.69) is 16.5 Å². The average Bonchev–Trinajstić information content (AvgIpc) is 2.65. The predicted molar refractivity (Wildman–Crippen MR) is 71.6 cm³/mol. The normalized spacial score (nSPS) is 12.9. The largest absolute Gasteiger partial charge is 0.497 e. The van der Waals surface area contributed by atoms with Gasteiger partial charge in [0.1, 0.15) is 5.75 Å². The average molecular weight is 251 g/mol. The van der Waals surface area contributed by atoms with Crippen LogP contribution in [0, 0.1) is 0 Å². The van der Waals surface area contributed by atoms with Crippen molar-refractivity contribution in [1.82, 2.24) is 9.55 Å². The lowest BCUT2D eigenvalue weighted by Gasteiger charge is -2.07. The standard InChI is InChI=1S/C12H17N3OS/c1-8(7-13)17-12-14-10-6-9(16-3)4-5-11(10)15(12)2/h4-6,8H,7,13H2,1-3H3. The summed E-state index contributed by atoms with van der Waals surface area (Å²) in [4.78, 5) is 4.60. The molecular formula is C12H17N3OS. The van der Waals surface area contributed by atoms with Crippen LogP contribution in [0.15, 0.2) is 23.4 Å². The van der Waals surface area contributed by atoms with E-state index in [4.69, 9.17) is 10.5 Å². The van der Waals surface area contributed by atoms with E-state index in [9.17, 15) is 0 Å². The molecule has 0 bridgehead atoms. The van der Waals surface area contributed by atoms with Crippen molar-refractivity contribution in [3.05, 3.63) is 18.2 Å². The Bertz CT molecular complexity index is 524. The van der Waals surface area contributed by atoms with E-state index in [1.165, 1.54) is 0 Å². The second-order valence-electron chi connectivity index (χ2n) is 3.97. The molecule has 1 aromatic carbocycles. The summed E-state index contributed by atoms with van der Waals surface area (Å²) in [5, 5.41) is 1.36. The van der Waals surface area contributed by atoms with E-state index in [1.807, 2.05) is 25.2 Å². The van der Waals surface area contributed by atoms with Crippen LogP contribution in [0.25, 0.3) is 11.0 Å².